The Bertz CT molecular complexity index is 308. The molecule has 0 aliphatic heterocycles. The first-order valence-electron chi connectivity index (χ1n) is 2.94. The zero-order chi connectivity index (χ0) is 13.4. The molecule has 0 radical (unpaired) electrons. The largest absolute Gasteiger partial charge is 0.474 e. The minimum Gasteiger partial charge on any atom is -0.303 e. The number of rotatable bonds is 5. The molecule has 4 N–H and O–H groups in total. The van der Waals surface area contributed by atoms with E-state index in [0.29, 0.717) is 0 Å². The molecular weight excluding hydrogens is 290 g/mol. The summed E-state index contributed by atoms with van der Waals surface area (Å²) in [5.74, 6) is 0. The Morgan fingerprint density at radius 2 is 0.938 bits per heavy atom. The predicted molar refractivity (Wildman–Crippen MR) is 36.2 cm³/mol. The van der Waals surface area contributed by atoms with Gasteiger partial charge in [0.05, 0.1) is 0 Å². The van der Waals surface area contributed by atoms with Gasteiger partial charge in [-0.05, 0) is 0 Å². The topological polar surface area (TPSA) is 134 Å². The highest BCUT2D eigenvalue weighted by molar-refractivity contribution is 7.46. The molecule has 8 nitrogen and oxygen atoms in total. The molecule has 0 bridgehead atoms. The van der Waals surface area contributed by atoms with Crippen LogP contribution in [0.25, 0.3) is 0 Å². The maximum atomic E-state index is 12.3. The number of phosphoric ester groups is 2. The summed E-state index contributed by atoms with van der Waals surface area (Å²) in [7, 11) is -12.0. The third kappa shape index (κ3) is 5.32. The number of alkyl halides is 4. The fourth-order valence-electron chi connectivity index (χ4n) is 0.405. The van der Waals surface area contributed by atoms with Gasteiger partial charge >= 0.3 is 27.9 Å². The fraction of sp³-hybridized carbons (Fsp3) is 1.00. The summed E-state index contributed by atoms with van der Waals surface area (Å²) in [5, 5.41) is 0. The summed E-state index contributed by atoms with van der Waals surface area (Å²) in [4.78, 5) is 31.4. The van der Waals surface area contributed by atoms with E-state index in [2.05, 4.69) is 9.05 Å². The lowest BCUT2D eigenvalue weighted by Crippen LogP contribution is -2.43. The lowest BCUT2D eigenvalue weighted by atomic mass is 10.6. The molecule has 0 aromatic heterocycles. The Hall–Kier alpha value is -0.0600. The van der Waals surface area contributed by atoms with E-state index >= 15 is 0 Å². The van der Waals surface area contributed by atoms with Crippen molar-refractivity contribution >= 4 is 15.6 Å². The molecule has 0 saturated carbocycles. The van der Waals surface area contributed by atoms with Gasteiger partial charge in [0.2, 0.25) is 0 Å². The van der Waals surface area contributed by atoms with Gasteiger partial charge in [0.1, 0.15) is 0 Å². The molecule has 0 aliphatic rings. The number of hydrogen-bond donors (Lipinski definition) is 4. The average Bonchev–Trinajstić information content (AvgIpc) is 1.72. The molecule has 0 rings (SSSR count). The lowest BCUT2D eigenvalue weighted by Gasteiger charge is -2.25. The number of phosphoric acid groups is 2. The first-order chi connectivity index (χ1) is 6.66. The van der Waals surface area contributed by atoms with Gasteiger partial charge < -0.3 is 19.6 Å². The molecule has 14 heteroatoms. The summed E-state index contributed by atoms with van der Waals surface area (Å²) in [6.45, 7) is 0. The molecule has 0 heterocycles. The number of halogens is 4. The van der Waals surface area contributed by atoms with E-state index < -0.39 is 27.9 Å². The Labute approximate surface area is 84.3 Å². The molecule has 0 unspecified atom stereocenters. The molecule has 0 saturated heterocycles. The highest BCUT2D eigenvalue weighted by Crippen LogP contribution is 2.53. The van der Waals surface area contributed by atoms with E-state index in [4.69, 9.17) is 19.6 Å². The van der Waals surface area contributed by atoms with Gasteiger partial charge in [0.25, 0.3) is 0 Å². The highest BCUT2D eigenvalue weighted by atomic mass is 31.2. The van der Waals surface area contributed by atoms with Crippen molar-refractivity contribution < 1.29 is 55.3 Å². The van der Waals surface area contributed by atoms with Crippen LogP contribution >= 0.6 is 15.6 Å². The van der Waals surface area contributed by atoms with Crippen molar-refractivity contribution in [2.75, 3.05) is 0 Å². The third-order valence-electron chi connectivity index (χ3n) is 0.806. The van der Waals surface area contributed by atoms with Gasteiger partial charge in [-0.15, -0.1) is 0 Å². The van der Waals surface area contributed by atoms with Crippen LogP contribution in [-0.4, -0.2) is 31.8 Å². The predicted octanol–water partition coefficient (Wildman–Crippen LogP) is 0.391. The second kappa shape index (κ2) is 4.31. The van der Waals surface area contributed by atoms with Crippen LogP contribution in [0.5, 0.6) is 0 Å². The Morgan fingerprint density at radius 1 is 0.750 bits per heavy atom. The van der Waals surface area contributed by atoms with Crippen molar-refractivity contribution in [3.05, 3.63) is 0 Å². The average molecular weight is 294 g/mol. The van der Waals surface area contributed by atoms with Gasteiger partial charge in [0.15, 0.2) is 0 Å². The van der Waals surface area contributed by atoms with Crippen molar-refractivity contribution in [1.82, 2.24) is 0 Å². The third-order valence-corrected chi connectivity index (χ3v) is 1.74. The van der Waals surface area contributed by atoms with Gasteiger partial charge in [-0.25, -0.2) is 18.2 Å². The molecule has 0 aromatic carbocycles. The quantitative estimate of drug-likeness (QED) is 0.422. The van der Waals surface area contributed by atoms with E-state index in [1.807, 2.05) is 0 Å². The molecule has 0 fully saturated rings. The molecular formula is C2H4F4O8P2. The molecule has 0 aliphatic carbocycles. The van der Waals surface area contributed by atoms with Crippen molar-refractivity contribution in [3.8, 4) is 0 Å². The van der Waals surface area contributed by atoms with Crippen LogP contribution < -0.4 is 0 Å². The van der Waals surface area contributed by atoms with Crippen LogP contribution in [0, 0.1) is 0 Å². The highest BCUT2D eigenvalue weighted by Gasteiger charge is 2.65. The van der Waals surface area contributed by atoms with Crippen LogP contribution in [0.4, 0.5) is 17.6 Å². The maximum absolute atomic E-state index is 12.3. The van der Waals surface area contributed by atoms with Gasteiger partial charge in [0, 0.05) is 0 Å². The molecule has 16 heavy (non-hydrogen) atoms. The van der Waals surface area contributed by atoms with E-state index in [1.165, 1.54) is 0 Å². The second-order valence-electron chi connectivity index (χ2n) is 2.20. The minimum absolute atomic E-state index is 2.35. The Morgan fingerprint density at radius 3 is 1.06 bits per heavy atom. The lowest BCUT2D eigenvalue weighted by molar-refractivity contribution is -0.386. The second-order valence-corrected chi connectivity index (χ2v) is 4.52. The van der Waals surface area contributed by atoms with Crippen molar-refractivity contribution in [1.29, 1.82) is 0 Å². The van der Waals surface area contributed by atoms with E-state index in [1.54, 1.807) is 0 Å². The summed E-state index contributed by atoms with van der Waals surface area (Å²) in [6.07, 6.45) is -11.8. The summed E-state index contributed by atoms with van der Waals surface area (Å²) in [5.41, 5.74) is 0. The van der Waals surface area contributed by atoms with E-state index in [-0.39, 0.29) is 0 Å². The normalized spacial score (nSPS) is 15.2. The Kier molecular flexibility index (Phi) is 4.30. The fourth-order valence-corrected chi connectivity index (χ4v) is 1.21. The molecule has 0 amide bonds. The van der Waals surface area contributed by atoms with Crippen molar-refractivity contribution in [3.63, 3.8) is 0 Å². The van der Waals surface area contributed by atoms with Crippen LogP contribution in [-0.2, 0) is 18.2 Å². The SMILES string of the molecule is O=P(O)(O)OC(F)(F)C(F)(F)OP(=O)(O)O. The standard InChI is InChI=1S/C2H4F4O8P2/c3-1(4,13-15(7,8)9)2(5,6)14-16(10,11)12/h(H2,7,8,9)(H2,10,11,12). The Balaban J connectivity index is 4.99. The first-order valence-corrected chi connectivity index (χ1v) is 6.01. The maximum Gasteiger partial charge on any atom is 0.474 e. The van der Waals surface area contributed by atoms with E-state index in [9.17, 15) is 26.7 Å². The summed E-state index contributed by atoms with van der Waals surface area (Å²) in [6, 6.07) is 0. The zero-order valence-corrected chi connectivity index (χ0v) is 8.62. The van der Waals surface area contributed by atoms with Crippen LogP contribution in [0.15, 0.2) is 0 Å². The van der Waals surface area contributed by atoms with Gasteiger partial charge in [-0.1, -0.05) is 0 Å². The summed E-state index contributed by atoms with van der Waals surface area (Å²) >= 11 is 0. The van der Waals surface area contributed by atoms with Crippen molar-refractivity contribution in [2.24, 2.45) is 0 Å². The minimum atomic E-state index is -6.01. The number of hydrogen-bond acceptors (Lipinski definition) is 4. The molecule has 0 spiro atoms. The monoisotopic (exact) mass is 294 g/mol. The van der Waals surface area contributed by atoms with Crippen molar-refractivity contribution in [2.45, 2.75) is 12.2 Å². The van der Waals surface area contributed by atoms with Crippen LogP contribution in [0.2, 0.25) is 0 Å². The van der Waals surface area contributed by atoms with Crippen LogP contribution in [0.1, 0.15) is 0 Å². The summed E-state index contributed by atoms with van der Waals surface area (Å²) < 4.78 is 73.6. The van der Waals surface area contributed by atoms with Gasteiger partial charge in [-0.2, -0.15) is 17.6 Å². The van der Waals surface area contributed by atoms with Crippen LogP contribution in [0.3, 0.4) is 0 Å². The first kappa shape index (κ1) is 15.9. The van der Waals surface area contributed by atoms with Gasteiger partial charge in [-0.3, -0.25) is 0 Å². The van der Waals surface area contributed by atoms with E-state index in [0.717, 1.165) is 0 Å². The smallest absolute Gasteiger partial charge is 0.303 e. The molecule has 0 atom stereocenters. The molecule has 98 valence electrons. The molecule has 0 aromatic rings. The zero-order valence-electron chi connectivity index (χ0n) is 6.83.